The van der Waals surface area contributed by atoms with E-state index in [0.717, 1.165) is 17.1 Å². The minimum Gasteiger partial charge on any atom is -0.494 e. The third-order valence-corrected chi connectivity index (χ3v) is 8.10. The molecule has 0 spiro atoms. The number of hydrogen-bond donors (Lipinski definition) is 0. The summed E-state index contributed by atoms with van der Waals surface area (Å²) in [5, 5.41) is 8.83. The summed E-state index contributed by atoms with van der Waals surface area (Å²) in [6, 6.07) is 15.0. The molecule has 9 heteroatoms. The van der Waals surface area contributed by atoms with Gasteiger partial charge in [0.2, 0.25) is 10.0 Å². The van der Waals surface area contributed by atoms with Gasteiger partial charge in [-0.05, 0) is 69.2 Å². The molecule has 2 heterocycles. The molecule has 0 saturated carbocycles. The zero-order valence-electron chi connectivity index (χ0n) is 20.7. The van der Waals surface area contributed by atoms with Crippen molar-refractivity contribution in [1.82, 2.24) is 14.5 Å². The molecule has 0 atom stereocenters. The topological polar surface area (TPSA) is 84.9 Å². The first-order valence-corrected chi connectivity index (χ1v) is 13.3. The van der Waals surface area contributed by atoms with Crippen LogP contribution in [0.1, 0.15) is 25.0 Å². The predicted molar refractivity (Wildman–Crippen MR) is 137 cm³/mol. The van der Waals surface area contributed by atoms with Gasteiger partial charge in [-0.2, -0.15) is 4.31 Å². The molecule has 0 amide bonds. The standard InChI is InChI=1S/C26H32N4O4S/c1-5-33-22-9-11-25(24(18-22)34-6-2)35(31,32)30-15-13-29(14-16-30)26-12-10-23(27-28-26)21-8-7-19(3)20(4)17-21/h7-12,17-18H,5-6,13-16H2,1-4H3. The van der Waals surface area contributed by atoms with Crippen molar-refractivity contribution in [1.29, 1.82) is 0 Å². The van der Waals surface area contributed by atoms with Gasteiger partial charge in [-0.1, -0.05) is 12.1 Å². The molecule has 8 nitrogen and oxygen atoms in total. The summed E-state index contributed by atoms with van der Waals surface area (Å²) in [6.45, 7) is 10.5. The number of anilines is 1. The first kappa shape index (κ1) is 24.9. The Morgan fingerprint density at radius 2 is 1.57 bits per heavy atom. The van der Waals surface area contributed by atoms with Gasteiger partial charge in [0, 0.05) is 37.8 Å². The van der Waals surface area contributed by atoms with E-state index >= 15 is 0 Å². The van der Waals surface area contributed by atoms with Crippen molar-refractivity contribution in [2.45, 2.75) is 32.6 Å². The van der Waals surface area contributed by atoms with Crippen LogP contribution < -0.4 is 14.4 Å². The molecule has 35 heavy (non-hydrogen) atoms. The number of hydrogen-bond acceptors (Lipinski definition) is 7. The number of benzene rings is 2. The fourth-order valence-corrected chi connectivity index (χ4v) is 5.61. The van der Waals surface area contributed by atoms with Crippen LogP contribution in [-0.2, 0) is 10.0 Å². The molecular formula is C26H32N4O4S. The molecule has 1 saturated heterocycles. The second-order valence-electron chi connectivity index (χ2n) is 8.44. The first-order chi connectivity index (χ1) is 16.8. The van der Waals surface area contributed by atoms with Gasteiger partial charge in [-0.25, -0.2) is 8.42 Å². The second-order valence-corrected chi connectivity index (χ2v) is 10.3. The highest BCUT2D eigenvalue weighted by Gasteiger charge is 2.31. The molecule has 1 aliphatic heterocycles. The first-order valence-electron chi connectivity index (χ1n) is 11.9. The van der Waals surface area contributed by atoms with Crippen LogP contribution in [-0.4, -0.2) is 62.3 Å². The average molecular weight is 497 g/mol. The normalized spacial score (nSPS) is 14.7. The van der Waals surface area contributed by atoms with E-state index in [0.29, 0.717) is 50.9 Å². The molecule has 4 rings (SSSR count). The zero-order chi connectivity index (χ0) is 25.0. The van der Waals surface area contributed by atoms with Crippen molar-refractivity contribution in [2.24, 2.45) is 0 Å². The van der Waals surface area contributed by atoms with Gasteiger partial charge in [-0.3, -0.25) is 0 Å². The smallest absolute Gasteiger partial charge is 0.246 e. The summed E-state index contributed by atoms with van der Waals surface area (Å²) in [4.78, 5) is 2.22. The summed E-state index contributed by atoms with van der Waals surface area (Å²) in [5.74, 6) is 1.64. The largest absolute Gasteiger partial charge is 0.494 e. The average Bonchev–Trinajstić information content (AvgIpc) is 2.86. The Kier molecular flexibility index (Phi) is 7.57. The molecule has 186 valence electrons. The van der Waals surface area contributed by atoms with Gasteiger partial charge in [0.05, 0.1) is 18.9 Å². The van der Waals surface area contributed by atoms with E-state index in [1.807, 2.05) is 32.0 Å². The van der Waals surface area contributed by atoms with Crippen molar-refractivity contribution in [3.8, 4) is 22.8 Å². The number of nitrogens with zero attached hydrogens (tertiary/aromatic N) is 4. The van der Waals surface area contributed by atoms with E-state index in [9.17, 15) is 8.42 Å². The lowest BCUT2D eigenvalue weighted by atomic mass is 10.0. The maximum absolute atomic E-state index is 13.4. The summed E-state index contributed by atoms with van der Waals surface area (Å²) >= 11 is 0. The van der Waals surface area contributed by atoms with Crippen LogP contribution in [0.25, 0.3) is 11.3 Å². The Balaban J connectivity index is 1.46. The molecule has 0 bridgehead atoms. The predicted octanol–water partition coefficient (Wildman–Crippen LogP) is 4.07. The number of aromatic nitrogens is 2. The fraction of sp³-hybridized carbons (Fsp3) is 0.385. The molecular weight excluding hydrogens is 464 g/mol. The SMILES string of the molecule is CCOc1ccc(S(=O)(=O)N2CCN(c3ccc(-c4ccc(C)c(C)c4)nn3)CC2)c(OCC)c1. The number of rotatable bonds is 8. The van der Waals surface area contributed by atoms with E-state index in [2.05, 4.69) is 41.1 Å². The van der Waals surface area contributed by atoms with Crippen LogP contribution in [0, 0.1) is 13.8 Å². The highest BCUT2D eigenvalue weighted by molar-refractivity contribution is 7.89. The molecule has 0 aliphatic carbocycles. The maximum atomic E-state index is 13.4. The Morgan fingerprint density at radius 1 is 0.829 bits per heavy atom. The van der Waals surface area contributed by atoms with Gasteiger partial charge in [0.15, 0.2) is 5.82 Å². The monoisotopic (exact) mass is 496 g/mol. The van der Waals surface area contributed by atoms with Crippen LogP contribution in [0.3, 0.4) is 0 Å². The third kappa shape index (κ3) is 5.41. The highest BCUT2D eigenvalue weighted by atomic mass is 32.2. The molecule has 0 radical (unpaired) electrons. The van der Waals surface area contributed by atoms with Gasteiger partial charge >= 0.3 is 0 Å². The minimum atomic E-state index is -3.71. The molecule has 1 fully saturated rings. The zero-order valence-corrected chi connectivity index (χ0v) is 21.5. The summed E-state index contributed by atoms with van der Waals surface area (Å²) in [5.41, 5.74) is 4.30. The van der Waals surface area contributed by atoms with Gasteiger partial charge in [0.1, 0.15) is 16.4 Å². The fourth-order valence-electron chi connectivity index (χ4n) is 4.07. The number of aryl methyl sites for hydroxylation is 2. The van der Waals surface area contributed by atoms with Crippen LogP contribution >= 0.6 is 0 Å². The van der Waals surface area contributed by atoms with Crippen molar-refractivity contribution < 1.29 is 17.9 Å². The van der Waals surface area contributed by atoms with E-state index < -0.39 is 10.0 Å². The lowest BCUT2D eigenvalue weighted by Gasteiger charge is -2.34. The van der Waals surface area contributed by atoms with E-state index in [1.54, 1.807) is 18.2 Å². The van der Waals surface area contributed by atoms with Crippen molar-refractivity contribution in [3.63, 3.8) is 0 Å². The van der Waals surface area contributed by atoms with Crippen LogP contribution in [0.5, 0.6) is 11.5 Å². The van der Waals surface area contributed by atoms with Crippen molar-refractivity contribution in [2.75, 3.05) is 44.3 Å². The Bertz CT molecular complexity index is 1270. The number of sulfonamides is 1. The quantitative estimate of drug-likeness (QED) is 0.465. The molecule has 0 unspecified atom stereocenters. The van der Waals surface area contributed by atoms with Gasteiger partial charge in [-0.15, -0.1) is 10.2 Å². The Morgan fingerprint density at radius 3 is 2.20 bits per heavy atom. The van der Waals surface area contributed by atoms with Crippen molar-refractivity contribution in [3.05, 3.63) is 59.7 Å². The summed E-state index contributed by atoms with van der Waals surface area (Å²) < 4.78 is 39.5. The maximum Gasteiger partial charge on any atom is 0.246 e. The number of ether oxygens (including phenoxy) is 2. The molecule has 1 aromatic heterocycles. The second kappa shape index (κ2) is 10.6. The Hall–Kier alpha value is -3.17. The Labute approximate surface area is 207 Å². The van der Waals surface area contributed by atoms with Crippen molar-refractivity contribution >= 4 is 15.8 Å². The van der Waals surface area contributed by atoms with Crippen LogP contribution in [0.4, 0.5) is 5.82 Å². The van der Waals surface area contributed by atoms with Gasteiger partial charge < -0.3 is 14.4 Å². The molecule has 0 N–H and O–H groups in total. The third-order valence-electron chi connectivity index (χ3n) is 6.16. The minimum absolute atomic E-state index is 0.161. The van der Waals surface area contributed by atoms with E-state index in [4.69, 9.17) is 9.47 Å². The van der Waals surface area contributed by atoms with Gasteiger partial charge in [0.25, 0.3) is 0 Å². The van der Waals surface area contributed by atoms with E-state index in [-0.39, 0.29) is 4.90 Å². The molecule has 1 aliphatic rings. The summed E-state index contributed by atoms with van der Waals surface area (Å²) in [7, 11) is -3.71. The van der Waals surface area contributed by atoms with Crippen LogP contribution in [0.2, 0.25) is 0 Å². The summed E-state index contributed by atoms with van der Waals surface area (Å²) in [6.07, 6.45) is 0. The van der Waals surface area contributed by atoms with Crippen LogP contribution in [0.15, 0.2) is 53.4 Å². The lowest BCUT2D eigenvalue weighted by Crippen LogP contribution is -2.49. The van der Waals surface area contributed by atoms with E-state index in [1.165, 1.54) is 15.4 Å². The molecule has 2 aromatic carbocycles. The molecule has 3 aromatic rings. The number of piperazine rings is 1. The highest BCUT2D eigenvalue weighted by Crippen LogP contribution is 2.32. The lowest BCUT2D eigenvalue weighted by molar-refractivity contribution is 0.314.